The molecule has 0 unspecified atom stereocenters. The molecule has 0 aliphatic heterocycles. The number of hydrogen-bond donors (Lipinski definition) is 1. The van der Waals surface area contributed by atoms with Gasteiger partial charge < -0.3 is 9.55 Å². The Labute approximate surface area is 110 Å². The first-order valence-corrected chi connectivity index (χ1v) is 6.39. The smallest absolute Gasteiger partial charge is 0.248 e. The van der Waals surface area contributed by atoms with E-state index in [1.165, 1.54) is 5.56 Å². The lowest BCUT2D eigenvalue weighted by Gasteiger charge is -2.04. The fraction of sp³-hybridized carbons (Fsp3) is 0.200. The fourth-order valence-corrected chi connectivity index (χ4v) is 2.24. The largest absolute Gasteiger partial charge is 0.337 e. The van der Waals surface area contributed by atoms with Gasteiger partial charge in [0.05, 0.1) is 6.33 Å². The zero-order valence-electron chi connectivity index (χ0n) is 10.5. The van der Waals surface area contributed by atoms with Gasteiger partial charge in [0.1, 0.15) is 0 Å². The number of aryl methyl sites for hydroxylation is 2. The van der Waals surface area contributed by atoms with Gasteiger partial charge in [-0.25, -0.2) is 4.98 Å². The molecule has 1 aromatic carbocycles. The predicted octanol–water partition coefficient (Wildman–Crippen LogP) is 2.36. The number of benzene rings is 1. The summed E-state index contributed by atoms with van der Waals surface area (Å²) in [5.41, 5.74) is 2.13. The summed E-state index contributed by atoms with van der Waals surface area (Å²) in [5, 5.41) is 1.08. The third-order valence-corrected chi connectivity index (χ3v) is 3.23. The minimum Gasteiger partial charge on any atom is -0.337 e. The summed E-state index contributed by atoms with van der Waals surface area (Å²) in [4.78, 5) is 18.1. The predicted molar refractivity (Wildman–Crippen MR) is 75.1 cm³/mol. The molecule has 4 nitrogen and oxygen atoms in total. The van der Waals surface area contributed by atoms with Crippen molar-refractivity contribution >= 4 is 10.9 Å². The van der Waals surface area contributed by atoms with Crippen LogP contribution in [0.4, 0.5) is 0 Å². The van der Waals surface area contributed by atoms with E-state index < -0.39 is 0 Å². The van der Waals surface area contributed by atoms with Gasteiger partial charge >= 0.3 is 0 Å². The average Bonchev–Trinajstić information content (AvgIpc) is 2.92. The Morgan fingerprint density at radius 2 is 2.16 bits per heavy atom. The summed E-state index contributed by atoms with van der Waals surface area (Å²) in [5.74, 6) is 0. The van der Waals surface area contributed by atoms with Crippen LogP contribution in [0.25, 0.3) is 10.9 Å². The van der Waals surface area contributed by atoms with Crippen molar-refractivity contribution in [2.24, 2.45) is 0 Å². The summed E-state index contributed by atoms with van der Waals surface area (Å²) in [7, 11) is 0. The molecule has 0 atom stereocenters. The number of hydrogen-bond acceptors (Lipinski definition) is 2. The van der Waals surface area contributed by atoms with E-state index in [4.69, 9.17) is 0 Å². The number of nitrogens with zero attached hydrogens (tertiary/aromatic N) is 2. The van der Waals surface area contributed by atoms with E-state index in [9.17, 15) is 4.79 Å². The summed E-state index contributed by atoms with van der Waals surface area (Å²) < 4.78 is 2.08. The molecule has 3 aromatic rings. The van der Waals surface area contributed by atoms with Crippen molar-refractivity contribution in [3.05, 3.63) is 65.0 Å². The number of fused-ring (bicyclic) bond motifs is 1. The Morgan fingerprint density at radius 1 is 1.21 bits per heavy atom. The van der Waals surface area contributed by atoms with E-state index in [0.29, 0.717) is 0 Å². The third kappa shape index (κ3) is 2.73. The number of aromatic amines is 1. The lowest BCUT2D eigenvalue weighted by Crippen LogP contribution is -2.02. The maximum Gasteiger partial charge on any atom is 0.248 e. The SMILES string of the molecule is O=c1ccc2cc(CCCn3ccnc3)ccc2[nH]1. The van der Waals surface area contributed by atoms with Crippen molar-refractivity contribution in [1.82, 2.24) is 14.5 Å². The second-order valence-corrected chi connectivity index (χ2v) is 4.65. The minimum absolute atomic E-state index is 0.0552. The van der Waals surface area contributed by atoms with Crippen LogP contribution >= 0.6 is 0 Å². The monoisotopic (exact) mass is 253 g/mol. The van der Waals surface area contributed by atoms with Gasteiger partial charge in [-0.05, 0) is 42.0 Å². The zero-order chi connectivity index (χ0) is 13.1. The zero-order valence-corrected chi connectivity index (χ0v) is 10.5. The van der Waals surface area contributed by atoms with Crippen LogP contribution in [0.5, 0.6) is 0 Å². The number of rotatable bonds is 4. The topological polar surface area (TPSA) is 50.7 Å². The van der Waals surface area contributed by atoms with Crippen LogP contribution in [-0.2, 0) is 13.0 Å². The number of pyridine rings is 1. The second kappa shape index (κ2) is 5.10. The second-order valence-electron chi connectivity index (χ2n) is 4.65. The van der Waals surface area contributed by atoms with Gasteiger partial charge in [-0.2, -0.15) is 0 Å². The molecule has 0 bridgehead atoms. The number of aromatic nitrogens is 3. The van der Waals surface area contributed by atoms with Crippen LogP contribution in [0.2, 0.25) is 0 Å². The van der Waals surface area contributed by atoms with E-state index in [-0.39, 0.29) is 5.56 Å². The number of imidazole rings is 1. The van der Waals surface area contributed by atoms with Gasteiger partial charge in [0, 0.05) is 30.5 Å². The molecule has 2 aromatic heterocycles. The van der Waals surface area contributed by atoms with Crippen molar-refractivity contribution in [1.29, 1.82) is 0 Å². The van der Waals surface area contributed by atoms with Crippen LogP contribution in [0.15, 0.2) is 53.8 Å². The van der Waals surface area contributed by atoms with Gasteiger partial charge in [-0.1, -0.05) is 6.07 Å². The van der Waals surface area contributed by atoms with Gasteiger partial charge in [0.25, 0.3) is 0 Å². The molecule has 19 heavy (non-hydrogen) atoms. The molecule has 0 aliphatic rings. The average molecular weight is 253 g/mol. The summed E-state index contributed by atoms with van der Waals surface area (Å²) in [6.07, 6.45) is 7.71. The Kier molecular flexibility index (Phi) is 3.14. The van der Waals surface area contributed by atoms with Crippen molar-refractivity contribution in [2.75, 3.05) is 0 Å². The molecular weight excluding hydrogens is 238 g/mol. The van der Waals surface area contributed by atoms with Gasteiger partial charge in [-0.15, -0.1) is 0 Å². The van der Waals surface area contributed by atoms with Crippen LogP contribution < -0.4 is 5.56 Å². The van der Waals surface area contributed by atoms with Crippen LogP contribution in [0.3, 0.4) is 0 Å². The Morgan fingerprint density at radius 3 is 3.00 bits per heavy atom. The maximum atomic E-state index is 11.2. The molecule has 0 spiro atoms. The molecule has 0 amide bonds. The first-order valence-electron chi connectivity index (χ1n) is 6.39. The molecule has 0 saturated carbocycles. The van der Waals surface area contributed by atoms with Gasteiger partial charge in [-0.3, -0.25) is 4.79 Å². The third-order valence-electron chi connectivity index (χ3n) is 3.23. The Hall–Kier alpha value is -2.36. The van der Waals surface area contributed by atoms with E-state index >= 15 is 0 Å². The van der Waals surface area contributed by atoms with E-state index in [1.807, 2.05) is 24.7 Å². The quantitative estimate of drug-likeness (QED) is 0.776. The highest BCUT2D eigenvalue weighted by atomic mass is 16.1. The lowest BCUT2D eigenvalue weighted by molar-refractivity contribution is 0.642. The number of nitrogens with one attached hydrogen (secondary N) is 1. The van der Waals surface area contributed by atoms with Crippen LogP contribution in [0, 0.1) is 0 Å². The van der Waals surface area contributed by atoms with Crippen molar-refractivity contribution < 1.29 is 0 Å². The summed E-state index contributed by atoms with van der Waals surface area (Å²) >= 11 is 0. The molecular formula is C15H15N3O. The molecule has 0 fully saturated rings. The minimum atomic E-state index is -0.0552. The van der Waals surface area contributed by atoms with Crippen LogP contribution in [-0.4, -0.2) is 14.5 Å². The highest BCUT2D eigenvalue weighted by molar-refractivity contribution is 5.78. The molecule has 0 saturated heterocycles. The van der Waals surface area contributed by atoms with Crippen molar-refractivity contribution in [2.45, 2.75) is 19.4 Å². The van der Waals surface area contributed by atoms with E-state index in [1.54, 1.807) is 12.3 Å². The standard InChI is InChI=1S/C15H15N3O/c19-15-6-4-13-10-12(3-5-14(13)17-15)2-1-8-18-9-7-16-11-18/h3-7,9-11H,1-2,8H2,(H,17,19). The van der Waals surface area contributed by atoms with Crippen molar-refractivity contribution in [3.8, 4) is 0 Å². The van der Waals surface area contributed by atoms with E-state index in [0.717, 1.165) is 30.3 Å². The first kappa shape index (κ1) is 11.7. The molecule has 2 heterocycles. The van der Waals surface area contributed by atoms with E-state index in [2.05, 4.69) is 26.7 Å². The molecule has 96 valence electrons. The van der Waals surface area contributed by atoms with Crippen molar-refractivity contribution in [3.63, 3.8) is 0 Å². The summed E-state index contributed by atoms with van der Waals surface area (Å²) in [6.45, 7) is 0.976. The fourth-order valence-electron chi connectivity index (χ4n) is 2.24. The molecule has 1 N–H and O–H groups in total. The molecule has 0 aliphatic carbocycles. The first-order chi connectivity index (χ1) is 9.31. The maximum absolute atomic E-state index is 11.2. The highest BCUT2D eigenvalue weighted by Gasteiger charge is 1.98. The van der Waals surface area contributed by atoms with Gasteiger partial charge in [0.15, 0.2) is 0 Å². The van der Waals surface area contributed by atoms with Gasteiger partial charge in [0.2, 0.25) is 5.56 Å². The molecule has 0 radical (unpaired) electrons. The number of H-pyrrole nitrogens is 1. The van der Waals surface area contributed by atoms with Crippen LogP contribution in [0.1, 0.15) is 12.0 Å². The highest BCUT2D eigenvalue weighted by Crippen LogP contribution is 2.13. The Bertz CT molecular complexity index is 728. The molecule has 3 rings (SSSR count). The summed E-state index contributed by atoms with van der Waals surface area (Å²) in [6, 6.07) is 9.62. The Balaban J connectivity index is 1.71. The normalized spacial score (nSPS) is 10.9. The lowest BCUT2D eigenvalue weighted by atomic mass is 10.1. The molecule has 4 heteroatoms.